The zero-order chi connectivity index (χ0) is 14.0. The summed E-state index contributed by atoms with van der Waals surface area (Å²) < 4.78 is 5.69. The van der Waals surface area contributed by atoms with Gasteiger partial charge >= 0.3 is 0 Å². The van der Waals surface area contributed by atoms with Gasteiger partial charge in [-0.3, -0.25) is 4.90 Å². The van der Waals surface area contributed by atoms with Crippen molar-refractivity contribution in [1.29, 1.82) is 0 Å². The number of rotatable bonds is 4. The van der Waals surface area contributed by atoms with Gasteiger partial charge in [-0.1, -0.05) is 12.8 Å². The van der Waals surface area contributed by atoms with Gasteiger partial charge in [-0.15, -0.1) is 0 Å². The fraction of sp³-hybridized carbons (Fsp3) is 1.00. The number of nitrogens with two attached hydrogens (primary N) is 1. The summed E-state index contributed by atoms with van der Waals surface area (Å²) in [5.41, 5.74) is 6.54. The molecule has 2 saturated carbocycles. The normalized spacial score (nSPS) is 40.5. The van der Waals surface area contributed by atoms with E-state index >= 15 is 0 Å². The van der Waals surface area contributed by atoms with Crippen LogP contribution in [0.2, 0.25) is 0 Å². The fourth-order valence-corrected chi connectivity index (χ4v) is 5.27. The molecule has 3 fully saturated rings. The van der Waals surface area contributed by atoms with Crippen LogP contribution < -0.4 is 5.73 Å². The summed E-state index contributed by atoms with van der Waals surface area (Å²) in [5, 5.41) is 0. The first-order valence-electron chi connectivity index (χ1n) is 8.79. The summed E-state index contributed by atoms with van der Waals surface area (Å²) in [4.78, 5) is 2.84. The van der Waals surface area contributed by atoms with Gasteiger partial charge in [-0.2, -0.15) is 0 Å². The van der Waals surface area contributed by atoms with E-state index in [0.29, 0.717) is 6.10 Å². The summed E-state index contributed by atoms with van der Waals surface area (Å²) in [6.07, 6.45) is 14.0. The minimum absolute atomic E-state index is 0.239. The van der Waals surface area contributed by atoms with Crippen molar-refractivity contribution in [2.45, 2.75) is 81.9 Å². The van der Waals surface area contributed by atoms with Gasteiger partial charge in [0, 0.05) is 25.2 Å². The minimum Gasteiger partial charge on any atom is -0.381 e. The molecule has 3 aliphatic rings. The maximum Gasteiger partial charge on any atom is 0.0589 e. The van der Waals surface area contributed by atoms with Crippen molar-refractivity contribution in [3.8, 4) is 0 Å². The van der Waals surface area contributed by atoms with E-state index in [0.717, 1.165) is 24.9 Å². The molecule has 0 radical (unpaired) electrons. The number of methoxy groups -OCH3 is 1. The predicted octanol–water partition coefficient (Wildman–Crippen LogP) is 2.93. The van der Waals surface area contributed by atoms with Crippen LogP contribution in [0.1, 0.15) is 64.2 Å². The van der Waals surface area contributed by atoms with Crippen LogP contribution in [0.4, 0.5) is 0 Å². The summed E-state index contributed by atoms with van der Waals surface area (Å²) >= 11 is 0. The molecule has 0 bridgehead atoms. The van der Waals surface area contributed by atoms with Crippen molar-refractivity contribution < 1.29 is 4.74 Å². The molecule has 1 aliphatic heterocycles. The molecular weight excluding hydrogens is 248 g/mol. The summed E-state index contributed by atoms with van der Waals surface area (Å²) in [6.45, 7) is 2.09. The fourth-order valence-electron chi connectivity index (χ4n) is 5.27. The summed E-state index contributed by atoms with van der Waals surface area (Å²) in [5.74, 6) is 0.948. The molecule has 2 N–H and O–H groups in total. The Hall–Kier alpha value is -0.120. The lowest BCUT2D eigenvalue weighted by Gasteiger charge is -2.50. The molecule has 0 aromatic heterocycles. The third-order valence-electron chi connectivity index (χ3n) is 6.34. The van der Waals surface area contributed by atoms with Gasteiger partial charge < -0.3 is 10.5 Å². The molecule has 116 valence electrons. The van der Waals surface area contributed by atoms with Crippen LogP contribution in [0.15, 0.2) is 0 Å². The lowest BCUT2D eigenvalue weighted by atomic mass is 9.77. The molecule has 0 spiro atoms. The van der Waals surface area contributed by atoms with Crippen molar-refractivity contribution in [1.82, 2.24) is 4.90 Å². The first-order valence-corrected chi connectivity index (χ1v) is 8.79. The Morgan fingerprint density at radius 1 is 1.10 bits per heavy atom. The van der Waals surface area contributed by atoms with Crippen molar-refractivity contribution in [3.63, 3.8) is 0 Å². The van der Waals surface area contributed by atoms with E-state index in [-0.39, 0.29) is 5.54 Å². The first kappa shape index (κ1) is 14.8. The number of ether oxygens (including phenoxy) is 1. The molecule has 3 heteroatoms. The standard InChI is InChI=1S/C17H32N2O/c1-20-15-8-4-10-17(12-15,13-18)19-11-5-9-16(19)14-6-2-3-7-14/h14-16H,2-13,18H2,1H3. The third-order valence-corrected chi connectivity index (χ3v) is 6.34. The van der Waals surface area contributed by atoms with Crippen LogP contribution in [0.3, 0.4) is 0 Å². The van der Waals surface area contributed by atoms with Crippen LogP contribution in [-0.2, 0) is 4.74 Å². The first-order chi connectivity index (χ1) is 9.79. The Bertz CT molecular complexity index is 316. The number of nitrogens with zero attached hydrogens (tertiary/aromatic N) is 1. The largest absolute Gasteiger partial charge is 0.381 e. The van der Waals surface area contributed by atoms with Gasteiger partial charge in [0.2, 0.25) is 0 Å². The van der Waals surface area contributed by atoms with E-state index in [9.17, 15) is 0 Å². The molecule has 2 aliphatic carbocycles. The predicted molar refractivity (Wildman–Crippen MR) is 82.7 cm³/mol. The Morgan fingerprint density at radius 3 is 2.60 bits per heavy atom. The van der Waals surface area contributed by atoms with Crippen LogP contribution in [0.5, 0.6) is 0 Å². The smallest absolute Gasteiger partial charge is 0.0589 e. The number of hydrogen-bond acceptors (Lipinski definition) is 3. The Balaban J connectivity index is 1.76. The molecule has 3 nitrogen and oxygen atoms in total. The summed E-state index contributed by atoms with van der Waals surface area (Å²) in [7, 11) is 1.87. The second-order valence-electron chi connectivity index (χ2n) is 7.33. The Morgan fingerprint density at radius 2 is 1.90 bits per heavy atom. The maximum atomic E-state index is 6.30. The van der Waals surface area contributed by atoms with E-state index in [4.69, 9.17) is 10.5 Å². The van der Waals surface area contributed by atoms with Gasteiger partial charge in [0.05, 0.1) is 6.10 Å². The van der Waals surface area contributed by atoms with Gasteiger partial charge in [-0.25, -0.2) is 0 Å². The SMILES string of the molecule is COC1CCCC(CN)(N2CCCC2C2CCCC2)C1. The van der Waals surface area contributed by atoms with Gasteiger partial charge in [-0.05, 0) is 63.8 Å². The zero-order valence-corrected chi connectivity index (χ0v) is 13.2. The summed E-state index contributed by atoms with van der Waals surface area (Å²) in [6, 6.07) is 0.816. The van der Waals surface area contributed by atoms with Crippen LogP contribution >= 0.6 is 0 Å². The highest BCUT2D eigenvalue weighted by Gasteiger charge is 2.46. The molecule has 20 heavy (non-hydrogen) atoms. The highest BCUT2D eigenvalue weighted by atomic mass is 16.5. The molecule has 0 amide bonds. The lowest BCUT2D eigenvalue weighted by molar-refractivity contribution is -0.0360. The number of hydrogen-bond donors (Lipinski definition) is 1. The molecule has 1 saturated heterocycles. The minimum atomic E-state index is 0.239. The average Bonchev–Trinajstić information content (AvgIpc) is 3.17. The van der Waals surface area contributed by atoms with Crippen molar-refractivity contribution in [2.75, 3.05) is 20.2 Å². The molecule has 0 aromatic carbocycles. The van der Waals surface area contributed by atoms with Crippen LogP contribution in [0.25, 0.3) is 0 Å². The molecule has 1 heterocycles. The van der Waals surface area contributed by atoms with Gasteiger partial charge in [0.1, 0.15) is 0 Å². The van der Waals surface area contributed by atoms with Crippen molar-refractivity contribution in [2.24, 2.45) is 11.7 Å². The molecule has 3 unspecified atom stereocenters. The van der Waals surface area contributed by atoms with E-state index in [1.54, 1.807) is 0 Å². The molecule has 0 aromatic rings. The van der Waals surface area contributed by atoms with E-state index in [2.05, 4.69) is 4.90 Å². The molecule has 3 atom stereocenters. The lowest BCUT2D eigenvalue weighted by Crippen LogP contribution is -2.59. The van der Waals surface area contributed by atoms with Crippen LogP contribution in [0, 0.1) is 5.92 Å². The maximum absolute atomic E-state index is 6.30. The Labute approximate surface area is 124 Å². The van der Waals surface area contributed by atoms with Crippen molar-refractivity contribution in [3.05, 3.63) is 0 Å². The van der Waals surface area contributed by atoms with Crippen molar-refractivity contribution >= 4 is 0 Å². The third kappa shape index (κ3) is 2.65. The average molecular weight is 280 g/mol. The zero-order valence-electron chi connectivity index (χ0n) is 13.2. The highest BCUT2D eigenvalue weighted by molar-refractivity contribution is 5.03. The molecule has 3 rings (SSSR count). The van der Waals surface area contributed by atoms with Gasteiger partial charge in [0.25, 0.3) is 0 Å². The highest BCUT2D eigenvalue weighted by Crippen LogP contribution is 2.43. The topological polar surface area (TPSA) is 38.5 Å². The second-order valence-corrected chi connectivity index (χ2v) is 7.33. The van der Waals surface area contributed by atoms with E-state index in [1.807, 2.05) is 7.11 Å². The number of likely N-dealkylation sites (tertiary alicyclic amines) is 1. The second kappa shape index (κ2) is 6.33. The van der Waals surface area contributed by atoms with Gasteiger partial charge in [0.15, 0.2) is 0 Å². The molecular formula is C17H32N2O. The quantitative estimate of drug-likeness (QED) is 0.860. The Kier molecular flexibility index (Phi) is 4.68. The van der Waals surface area contributed by atoms with Crippen LogP contribution in [-0.4, -0.2) is 42.8 Å². The van der Waals surface area contributed by atoms with E-state index < -0.39 is 0 Å². The monoisotopic (exact) mass is 280 g/mol. The van der Waals surface area contributed by atoms with E-state index in [1.165, 1.54) is 64.3 Å².